The number of rotatable bonds is 4. The van der Waals surface area contributed by atoms with Crippen molar-refractivity contribution in [3.8, 4) is 22.7 Å². The Bertz CT molecular complexity index is 1090. The van der Waals surface area contributed by atoms with Crippen LogP contribution >= 0.6 is 11.3 Å². The van der Waals surface area contributed by atoms with Crippen molar-refractivity contribution in [2.24, 2.45) is 4.99 Å². The second-order valence-electron chi connectivity index (χ2n) is 6.14. The average molecular weight is 372 g/mol. The Kier molecular flexibility index (Phi) is 4.90. The average Bonchev–Trinajstić information content (AvgIpc) is 3.05. The summed E-state index contributed by atoms with van der Waals surface area (Å²) in [5, 5.41) is 0. The smallest absolute Gasteiger partial charge is 0.195 e. The van der Waals surface area contributed by atoms with Crippen molar-refractivity contribution >= 4 is 17.0 Å². The summed E-state index contributed by atoms with van der Waals surface area (Å²) in [4.78, 5) is 7.11. The van der Waals surface area contributed by atoms with Crippen LogP contribution in [0.25, 0.3) is 16.9 Å². The lowest BCUT2D eigenvalue weighted by molar-refractivity contribution is 0.415. The predicted molar refractivity (Wildman–Crippen MR) is 112 cm³/mol. The second kappa shape index (κ2) is 7.64. The van der Waals surface area contributed by atoms with E-state index in [4.69, 9.17) is 9.73 Å². The zero-order valence-electron chi connectivity index (χ0n) is 15.3. The molecule has 0 aliphatic rings. The Morgan fingerprint density at radius 3 is 2.07 bits per heavy atom. The number of ether oxygens (including phenoxy) is 1. The highest BCUT2D eigenvalue weighted by atomic mass is 32.1. The Morgan fingerprint density at radius 2 is 1.44 bits per heavy atom. The zero-order valence-corrected chi connectivity index (χ0v) is 16.1. The lowest BCUT2D eigenvalue weighted by atomic mass is 10.1. The largest absolute Gasteiger partial charge is 0.497 e. The van der Waals surface area contributed by atoms with E-state index in [0.717, 1.165) is 21.9 Å². The molecule has 0 bridgehead atoms. The standard InChI is InChI=1S/C23H20N2OS/c1-17-22(18-9-5-3-6-10-18)25(20-11-7-4-8-12-20)23(27-17)24-19-13-15-21(26-2)16-14-19/h3-16H,1-2H3. The number of benzene rings is 3. The van der Waals surface area contributed by atoms with Gasteiger partial charge in [0, 0.05) is 10.6 Å². The minimum Gasteiger partial charge on any atom is -0.497 e. The number of aromatic nitrogens is 1. The number of nitrogens with zero attached hydrogens (tertiary/aromatic N) is 2. The molecule has 0 spiro atoms. The van der Waals surface area contributed by atoms with Gasteiger partial charge in [0.05, 0.1) is 18.5 Å². The third kappa shape index (κ3) is 3.57. The van der Waals surface area contributed by atoms with Gasteiger partial charge in [0.2, 0.25) is 0 Å². The van der Waals surface area contributed by atoms with Gasteiger partial charge in [-0.25, -0.2) is 4.99 Å². The van der Waals surface area contributed by atoms with Gasteiger partial charge in [-0.2, -0.15) is 0 Å². The van der Waals surface area contributed by atoms with Crippen molar-refractivity contribution in [1.82, 2.24) is 4.57 Å². The molecule has 0 fully saturated rings. The van der Waals surface area contributed by atoms with Crippen LogP contribution in [0.5, 0.6) is 5.75 Å². The van der Waals surface area contributed by atoms with E-state index >= 15 is 0 Å². The van der Waals surface area contributed by atoms with Gasteiger partial charge in [-0.1, -0.05) is 48.5 Å². The van der Waals surface area contributed by atoms with E-state index < -0.39 is 0 Å². The van der Waals surface area contributed by atoms with Gasteiger partial charge in [0.1, 0.15) is 5.75 Å². The number of aryl methyl sites for hydroxylation is 1. The molecule has 27 heavy (non-hydrogen) atoms. The summed E-state index contributed by atoms with van der Waals surface area (Å²) in [6.07, 6.45) is 0. The molecule has 1 heterocycles. The summed E-state index contributed by atoms with van der Waals surface area (Å²) in [5.41, 5.74) is 4.37. The first-order chi connectivity index (χ1) is 13.3. The Balaban J connectivity index is 1.95. The van der Waals surface area contributed by atoms with E-state index in [-0.39, 0.29) is 0 Å². The third-order valence-electron chi connectivity index (χ3n) is 4.35. The topological polar surface area (TPSA) is 26.5 Å². The molecule has 4 heteroatoms. The lowest BCUT2D eigenvalue weighted by Crippen LogP contribution is -2.13. The first kappa shape index (κ1) is 17.3. The molecule has 0 atom stereocenters. The van der Waals surface area contributed by atoms with Crippen LogP contribution < -0.4 is 9.54 Å². The minimum absolute atomic E-state index is 0.831. The summed E-state index contributed by atoms with van der Waals surface area (Å²) < 4.78 is 7.48. The molecule has 0 saturated heterocycles. The fourth-order valence-corrected chi connectivity index (χ4v) is 4.09. The predicted octanol–water partition coefficient (Wildman–Crippen LogP) is 5.76. The van der Waals surface area contributed by atoms with Gasteiger partial charge in [-0.05, 0) is 48.9 Å². The number of para-hydroxylation sites is 1. The van der Waals surface area contributed by atoms with E-state index in [1.165, 1.54) is 16.1 Å². The molecule has 0 aliphatic heterocycles. The van der Waals surface area contributed by atoms with Gasteiger partial charge in [-0.3, -0.25) is 4.57 Å². The molecule has 0 radical (unpaired) electrons. The highest BCUT2D eigenvalue weighted by Crippen LogP contribution is 2.28. The summed E-state index contributed by atoms with van der Waals surface area (Å²) in [6, 6.07) is 28.7. The quantitative estimate of drug-likeness (QED) is 0.448. The Morgan fingerprint density at radius 1 is 0.815 bits per heavy atom. The second-order valence-corrected chi connectivity index (χ2v) is 7.32. The summed E-state index contributed by atoms with van der Waals surface area (Å²) in [7, 11) is 1.67. The van der Waals surface area contributed by atoms with Crippen molar-refractivity contribution < 1.29 is 4.74 Å². The molecule has 4 rings (SSSR count). The third-order valence-corrected chi connectivity index (χ3v) is 5.31. The van der Waals surface area contributed by atoms with E-state index in [2.05, 4.69) is 60.0 Å². The molecule has 3 aromatic carbocycles. The lowest BCUT2D eigenvalue weighted by Gasteiger charge is -2.10. The minimum atomic E-state index is 0.831. The maximum atomic E-state index is 5.25. The van der Waals surface area contributed by atoms with Crippen LogP contribution in [0, 0.1) is 6.92 Å². The van der Waals surface area contributed by atoms with Crippen LogP contribution in [0.2, 0.25) is 0 Å². The molecule has 3 nitrogen and oxygen atoms in total. The van der Waals surface area contributed by atoms with Crippen LogP contribution in [0.3, 0.4) is 0 Å². The van der Waals surface area contributed by atoms with Crippen LogP contribution in [-0.2, 0) is 0 Å². The van der Waals surface area contributed by atoms with E-state index in [1.54, 1.807) is 18.4 Å². The highest BCUT2D eigenvalue weighted by molar-refractivity contribution is 7.09. The van der Waals surface area contributed by atoms with Gasteiger partial charge < -0.3 is 4.74 Å². The molecule has 1 aromatic heterocycles. The monoisotopic (exact) mass is 372 g/mol. The van der Waals surface area contributed by atoms with Crippen LogP contribution in [0.1, 0.15) is 4.88 Å². The van der Waals surface area contributed by atoms with E-state index in [9.17, 15) is 0 Å². The molecule has 0 aliphatic carbocycles. The summed E-state index contributed by atoms with van der Waals surface area (Å²) >= 11 is 1.70. The molecular formula is C23H20N2OS. The molecule has 0 unspecified atom stereocenters. The summed E-state index contributed by atoms with van der Waals surface area (Å²) in [5.74, 6) is 0.831. The van der Waals surface area contributed by atoms with Gasteiger partial charge in [0.15, 0.2) is 4.80 Å². The fourth-order valence-electron chi connectivity index (χ4n) is 3.07. The highest BCUT2D eigenvalue weighted by Gasteiger charge is 2.14. The molecular weight excluding hydrogens is 352 g/mol. The number of hydrogen-bond donors (Lipinski definition) is 0. The Hall–Kier alpha value is -3.11. The zero-order chi connectivity index (χ0) is 18.6. The molecule has 0 N–H and O–H groups in total. The first-order valence-electron chi connectivity index (χ1n) is 8.78. The number of hydrogen-bond acceptors (Lipinski definition) is 3. The van der Waals surface area contributed by atoms with Crippen molar-refractivity contribution in [2.75, 3.05) is 7.11 Å². The molecule has 4 aromatic rings. The fraction of sp³-hybridized carbons (Fsp3) is 0.0870. The van der Waals surface area contributed by atoms with Crippen LogP contribution in [0.15, 0.2) is 89.9 Å². The van der Waals surface area contributed by atoms with Gasteiger partial charge >= 0.3 is 0 Å². The van der Waals surface area contributed by atoms with E-state index in [1.807, 2.05) is 36.4 Å². The SMILES string of the molecule is COc1ccc(N=c2sc(C)c(-c3ccccc3)n2-c2ccccc2)cc1. The van der Waals surface area contributed by atoms with Crippen molar-refractivity contribution in [3.63, 3.8) is 0 Å². The van der Waals surface area contributed by atoms with Gasteiger partial charge in [0.25, 0.3) is 0 Å². The number of methoxy groups -OCH3 is 1. The maximum absolute atomic E-state index is 5.25. The van der Waals surface area contributed by atoms with E-state index in [0.29, 0.717) is 0 Å². The van der Waals surface area contributed by atoms with Crippen molar-refractivity contribution in [1.29, 1.82) is 0 Å². The van der Waals surface area contributed by atoms with Crippen LogP contribution in [-0.4, -0.2) is 11.7 Å². The molecule has 134 valence electrons. The maximum Gasteiger partial charge on any atom is 0.195 e. The van der Waals surface area contributed by atoms with Gasteiger partial charge in [-0.15, -0.1) is 11.3 Å². The molecule has 0 amide bonds. The summed E-state index contributed by atoms with van der Waals surface area (Å²) in [6.45, 7) is 2.15. The normalized spacial score (nSPS) is 11.6. The van der Waals surface area contributed by atoms with Crippen molar-refractivity contribution in [3.05, 3.63) is 94.6 Å². The Labute approximate surface area is 162 Å². The number of thiazole rings is 1. The molecule has 0 saturated carbocycles. The van der Waals surface area contributed by atoms with Crippen molar-refractivity contribution in [2.45, 2.75) is 6.92 Å². The first-order valence-corrected chi connectivity index (χ1v) is 9.60. The van der Waals surface area contributed by atoms with Crippen LogP contribution in [0.4, 0.5) is 5.69 Å².